The number of aryl methyl sites for hydroxylation is 1. The standard InChI is InChI=1S/C22H30N2.CH4S/c1-5-6-13-24-18(4)22(15-19-10-8-11-20(23)14-19)21-12-7-9-16(2)17(21)3;1-2/h7-12,14,22,24H,4-6,13,15,23H2,1-3H3;2H,1H3. The van der Waals surface area contributed by atoms with Crippen LogP contribution in [0, 0.1) is 13.8 Å². The number of nitrogens with two attached hydrogens (primary N) is 1. The van der Waals surface area contributed by atoms with Crippen molar-refractivity contribution in [2.45, 2.75) is 46.0 Å². The van der Waals surface area contributed by atoms with Gasteiger partial charge >= 0.3 is 0 Å². The quantitative estimate of drug-likeness (QED) is 0.318. The number of thiol groups is 1. The predicted molar refractivity (Wildman–Crippen MR) is 120 cm³/mol. The summed E-state index contributed by atoms with van der Waals surface area (Å²) in [7, 11) is 0. The van der Waals surface area contributed by atoms with Gasteiger partial charge in [0.15, 0.2) is 0 Å². The third-order valence-electron chi connectivity index (χ3n) is 4.72. The van der Waals surface area contributed by atoms with Crippen LogP contribution in [0.5, 0.6) is 0 Å². The summed E-state index contributed by atoms with van der Waals surface area (Å²) in [5.41, 5.74) is 13.2. The van der Waals surface area contributed by atoms with Crippen LogP contribution in [-0.4, -0.2) is 12.8 Å². The van der Waals surface area contributed by atoms with Crippen LogP contribution >= 0.6 is 12.6 Å². The molecule has 0 heterocycles. The van der Waals surface area contributed by atoms with Crippen molar-refractivity contribution in [1.82, 2.24) is 5.32 Å². The van der Waals surface area contributed by atoms with Crippen molar-refractivity contribution in [3.05, 3.63) is 77.0 Å². The zero-order valence-electron chi connectivity index (χ0n) is 16.7. The molecule has 142 valence electrons. The summed E-state index contributed by atoms with van der Waals surface area (Å²) >= 11 is 3.53. The second-order valence-corrected chi connectivity index (χ2v) is 6.60. The lowest BCUT2D eigenvalue weighted by Crippen LogP contribution is -2.21. The fourth-order valence-electron chi connectivity index (χ4n) is 3.08. The maximum absolute atomic E-state index is 5.96. The molecule has 0 radical (unpaired) electrons. The molecule has 0 aliphatic carbocycles. The SMILES string of the molecule is C=C(NCCCC)C(Cc1cccc(N)c1)c1cccc(C)c1C.CS. The molecule has 2 aromatic carbocycles. The Labute approximate surface area is 165 Å². The topological polar surface area (TPSA) is 38.0 Å². The Balaban J connectivity index is 0.00000163. The number of benzene rings is 2. The number of hydrogen-bond acceptors (Lipinski definition) is 3. The molecule has 0 amide bonds. The molecule has 1 atom stereocenters. The van der Waals surface area contributed by atoms with Crippen LogP contribution in [0.3, 0.4) is 0 Å². The van der Waals surface area contributed by atoms with E-state index in [0.29, 0.717) is 0 Å². The largest absolute Gasteiger partial charge is 0.399 e. The van der Waals surface area contributed by atoms with Gasteiger partial charge in [0, 0.05) is 23.8 Å². The highest BCUT2D eigenvalue weighted by molar-refractivity contribution is 7.79. The summed E-state index contributed by atoms with van der Waals surface area (Å²) < 4.78 is 0. The van der Waals surface area contributed by atoms with Crippen LogP contribution in [0.2, 0.25) is 0 Å². The summed E-state index contributed by atoms with van der Waals surface area (Å²) in [6, 6.07) is 14.7. The molecule has 0 saturated carbocycles. The summed E-state index contributed by atoms with van der Waals surface area (Å²) in [6.45, 7) is 11.9. The lowest BCUT2D eigenvalue weighted by Gasteiger charge is -2.24. The molecule has 3 heteroatoms. The fraction of sp³-hybridized carbons (Fsp3) is 0.391. The Kier molecular flexibility index (Phi) is 9.97. The minimum Gasteiger partial charge on any atom is -0.399 e. The number of allylic oxidation sites excluding steroid dienone is 1. The van der Waals surface area contributed by atoms with Crippen LogP contribution in [0.25, 0.3) is 0 Å². The Bertz CT molecular complexity index is 694. The third kappa shape index (κ3) is 6.45. The van der Waals surface area contributed by atoms with Gasteiger partial charge in [0.25, 0.3) is 0 Å². The van der Waals surface area contributed by atoms with Gasteiger partial charge in [-0.25, -0.2) is 0 Å². The van der Waals surface area contributed by atoms with Crippen LogP contribution < -0.4 is 11.1 Å². The summed E-state index contributed by atoms with van der Waals surface area (Å²) in [5, 5.41) is 3.54. The van der Waals surface area contributed by atoms with E-state index in [9.17, 15) is 0 Å². The molecule has 0 bridgehead atoms. The number of unbranched alkanes of at least 4 members (excludes halogenated alkanes) is 1. The minimum atomic E-state index is 0.253. The Morgan fingerprint density at radius 1 is 1.15 bits per heavy atom. The van der Waals surface area contributed by atoms with Gasteiger partial charge < -0.3 is 11.1 Å². The number of nitrogens with one attached hydrogen (secondary N) is 1. The second-order valence-electron chi connectivity index (χ2n) is 6.60. The van der Waals surface area contributed by atoms with Crippen LogP contribution in [0.15, 0.2) is 54.7 Å². The smallest absolute Gasteiger partial charge is 0.0316 e. The van der Waals surface area contributed by atoms with Crippen LogP contribution in [0.1, 0.15) is 47.9 Å². The molecule has 0 aliphatic heterocycles. The van der Waals surface area contributed by atoms with E-state index in [-0.39, 0.29) is 5.92 Å². The lowest BCUT2D eigenvalue weighted by atomic mass is 9.85. The van der Waals surface area contributed by atoms with E-state index >= 15 is 0 Å². The van der Waals surface area contributed by atoms with Gasteiger partial charge in [0.05, 0.1) is 0 Å². The average molecular weight is 371 g/mol. The van der Waals surface area contributed by atoms with Crippen molar-refractivity contribution >= 4 is 18.3 Å². The van der Waals surface area contributed by atoms with E-state index in [2.05, 4.69) is 75.6 Å². The fourth-order valence-corrected chi connectivity index (χ4v) is 3.08. The molecule has 0 aromatic heterocycles. The van der Waals surface area contributed by atoms with E-state index in [1.165, 1.54) is 28.7 Å². The number of anilines is 1. The van der Waals surface area contributed by atoms with Gasteiger partial charge in [-0.2, -0.15) is 12.6 Å². The zero-order chi connectivity index (χ0) is 19.5. The third-order valence-corrected chi connectivity index (χ3v) is 4.72. The zero-order valence-corrected chi connectivity index (χ0v) is 17.6. The maximum atomic E-state index is 5.96. The average Bonchev–Trinajstić information content (AvgIpc) is 2.64. The van der Waals surface area contributed by atoms with E-state index in [0.717, 1.165) is 30.8 Å². The summed E-state index contributed by atoms with van der Waals surface area (Å²) in [4.78, 5) is 0. The molecule has 2 rings (SSSR count). The highest BCUT2D eigenvalue weighted by atomic mass is 32.1. The summed E-state index contributed by atoms with van der Waals surface area (Å²) in [6.07, 6.45) is 4.95. The Morgan fingerprint density at radius 2 is 1.85 bits per heavy atom. The normalized spacial score (nSPS) is 11.3. The van der Waals surface area contributed by atoms with Gasteiger partial charge in [-0.1, -0.05) is 50.3 Å². The Hall–Kier alpha value is -1.87. The van der Waals surface area contributed by atoms with Gasteiger partial charge in [0.2, 0.25) is 0 Å². The molecule has 0 spiro atoms. The summed E-state index contributed by atoms with van der Waals surface area (Å²) in [5.74, 6) is 0.253. The van der Waals surface area contributed by atoms with Crippen molar-refractivity contribution in [3.63, 3.8) is 0 Å². The highest BCUT2D eigenvalue weighted by Gasteiger charge is 2.18. The van der Waals surface area contributed by atoms with Gasteiger partial charge in [0.1, 0.15) is 0 Å². The predicted octanol–water partition coefficient (Wildman–Crippen LogP) is 5.66. The molecular formula is C23H34N2S. The Morgan fingerprint density at radius 3 is 2.50 bits per heavy atom. The van der Waals surface area contributed by atoms with Crippen molar-refractivity contribution in [1.29, 1.82) is 0 Å². The first-order valence-corrected chi connectivity index (χ1v) is 10.2. The molecule has 26 heavy (non-hydrogen) atoms. The van der Waals surface area contributed by atoms with Gasteiger partial charge in [-0.15, -0.1) is 0 Å². The first-order valence-electron chi connectivity index (χ1n) is 9.30. The molecule has 0 aliphatic rings. The molecule has 0 saturated heterocycles. The highest BCUT2D eigenvalue weighted by Crippen LogP contribution is 2.30. The van der Waals surface area contributed by atoms with Gasteiger partial charge in [-0.3, -0.25) is 0 Å². The van der Waals surface area contributed by atoms with Crippen molar-refractivity contribution in [2.75, 3.05) is 18.5 Å². The van der Waals surface area contributed by atoms with Crippen molar-refractivity contribution < 1.29 is 0 Å². The van der Waals surface area contributed by atoms with E-state index in [4.69, 9.17) is 5.73 Å². The second kappa shape index (κ2) is 11.7. The first kappa shape index (κ1) is 22.2. The maximum Gasteiger partial charge on any atom is 0.0316 e. The minimum absolute atomic E-state index is 0.253. The molecule has 2 aromatic rings. The van der Waals surface area contributed by atoms with Gasteiger partial charge in [-0.05, 0) is 67.3 Å². The van der Waals surface area contributed by atoms with E-state index < -0.39 is 0 Å². The number of hydrogen-bond donors (Lipinski definition) is 3. The first-order chi connectivity index (χ1) is 12.5. The monoisotopic (exact) mass is 370 g/mol. The molecular weight excluding hydrogens is 336 g/mol. The molecule has 2 nitrogen and oxygen atoms in total. The van der Waals surface area contributed by atoms with E-state index in [1.807, 2.05) is 12.1 Å². The van der Waals surface area contributed by atoms with Crippen molar-refractivity contribution in [3.8, 4) is 0 Å². The van der Waals surface area contributed by atoms with Crippen LogP contribution in [-0.2, 0) is 6.42 Å². The molecule has 3 N–H and O–H groups in total. The number of nitrogen functional groups attached to an aromatic ring is 1. The number of rotatable bonds is 8. The van der Waals surface area contributed by atoms with E-state index in [1.54, 1.807) is 6.26 Å². The molecule has 1 unspecified atom stereocenters. The van der Waals surface area contributed by atoms with Crippen molar-refractivity contribution in [2.24, 2.45) is 0 Å². The van der Waals surface area contributed by atoms with Crippen LogP contribution in [0.4, 0.5) is 5.69 Å². The molecule has 0 fully saturated rings. The lowest BCUT2D eigenvalue weighted by molar-refractivity contribution is 0.644.